The summed E-state index contributed by atoms with van der Waals surface area (Å²) in [7, 11) is 0. The molecule has 1 unspecified atom stereocenters. The molecule has 4 heteroatoms. The summed E-state index contributed by atoms with van der Waals surface area (Å²) in [5.41, 5.74) is 1.59. The van der Waals surface area contributed by atoms with Gasteiger partial charge in [0.15, 0.2) is 0 Å². The van der Waals surface area contributed by atoms with E-state index in [1.165, 1.54) is 6.08 Å². The predicted octanol–water partition coefficient (Wildman–Crippen LogP) is 2.18. The number of rotatable bonds is 5. The van der Waals surface area contributed by atoms with Crippen molar-refractivity contribution in [3.63, 3.8) is 0 Å². The lowest BCUT2D eigenvalue weighted by atomic mass is 10.2. The Labute approximate surface area is 95.6 Å². The third-order valence-corrected chi connectivity index (χ3v) is 1.89. The number of allylic oxidation sites excluding steroid dienone is 2. The van der Waals surface area contributed by atoms with Gasteiger partial charge in [0.2, 0.25) is 6.10 Å². The lowest BCUT2D eigenvalue weighted by molar-refractivity contribution is -0.163. The highest BCUT2D eigenvalue weighted by Crippen LogP contribution is 2.06. The van der Waals surface area contributed by atoms with E-state index in [1.807, 2.05) is 0 Å². The summed E-state index contributed by atoms with van der Waals surface area (Å²) in [6.45, 7) is 7.02. The molecule has 0 spiro atoms. The molecule has 0 aromatic heterocycles. The quantitative estimate of drug-likeness (QED) is 0.532. The van der Waals surface area contributed by atoms with Gasteiger partial charge in [-0.25, -0.2) is 9.90 Å². The van der Waals surface area contributed by atoms with Gasteiger partial charge in [-0.3, -0.25) is 4.79 Å². The Hall–Kier alpha value is -1.58. The highest BCUT2D eigenvalue weighted by Gasteiger charge is 2.21. The fourth-order valence-corrected chi connectivity index (χ4v) is 0.966. The minimum absolute atomic E-state index is 0.0941. The highest BCUT2D eigenvalue weighted by atomic mass is 16.6. The first-order valence-corrected chi connectivity index (χ1v) is 5.04. The number of carbonyl (C=O) groups excluding carboxylic acids is 2. The van der Waals surface area contributed by atoms with E-state index < -0.39 is 18.0 Å². The molecule has 0 fully saturated rings. The van der Waals surface area contributed by atoms with Gasteiger partial charge in [0.05, 0.1) is 6.42 Å². The van der Waals surface area contributed by atoms with Crippen molar-refractivity contribution >= 4 is 11.9 Å². The van der Waals surface area contributed by atoms with Crippen LogP contribution in [-0.4, -0.2) is 18.0 Å². The summed E-state index contributed by atoms with van der Waals surface area (Å²) >= 11 is 0. The van der Waals surface area contributed by atoms with E-state index in [0.29, 0.717) is 0 Å². The van der Waals surface area contributed by atoms with Gasteiger partial charge in [0.1, 0.15) is 0 Å². The Morgan fingerprint density at radius 2 is 1.81 bits per heavy atom. The molecule has 0 aliphatic rings. The molecule has 0 aliphatic heterocycles. The molecular weight excluding hydrogens is 208 g/mol. The molecule has 0 saturated heterocycles. The number of esters is 1. The standard InChI is InChI=1S/C12H17O4/c1-5-9(4)7-11(13)16-10(12(14)15)6-8(2)3/h5-6,10H,7H2,1-4H3. The lowest BCUT2D eigenvalue weighted by Crippen LogP contribution is -2.24. The highest BCUT2D eigenvalue weighted by molar-refractivity contribution is 5.80. The second-order valence-electron chi connectivity index (χ2n) is 3.79. The molecule has 0 amide bonds. The largest absolute Gasteiger partial charge is 0.446 e. The fourth-order valence-electron chi connectivity index (χ4n) is 0.966. The first kappa shape index (κ1) is 14.4. The van der Waals surface area contributed by atoms with Gasteiger partial charge in [-0.2, -0.15) is 0 Å². The summed E-state index contributed by atoms with van der Waals surface area (Å²) in [4.78, 5) is 22.0. The summed E-state index contributed by atoms with van der Waals surface area (Å²) in [6.07, 6.45) is 1.91. The number of hydrogen-bond acceptors (Lipinski definition) is 3. The maximum atomic E-state index is 11.3. The average molecular weight is 225 g/mol. The van der Waals surface area contributed by atoms with Crippen LogP contribution in [0.5, 0.6) is 0 Å². The van der Waals surface area contributed by atoms with Gasteiger partial charge in [-0.1, -0.05) is 17.2 Å². The Morgan fingerprint density at radius 1 is 1.25 bits per heavy atom. The van der Waals surface area contributed by atoms with Crippen molar-refractivity contribution in [1.29, 1.82) is 0 Å². The van der Waals surface area contributed by atoms with Crippen LogP contribution in [0.1, 0.15) is 34.1 Å². The van der Waals surface area contributed by atoms with E-state index >= 15 is 0 Å². The molecule has 0 aromatic rings. The van der Waals surface area contributed by atoms with Crippen molar-refractivity contribution in [3.05, 3.63) is 23.3 Å². The monoisotopic (exact) mass is 225 g/mol. The second-order valence-corrected chi connectivity index (χ2v) is 3.79. The van der Waals surface area contributed by atoms with Crippen LogP contribution in [-0.2, 0) is 19.4 Å². The molecule has 0 bridgehead atoms. The van der Waals surface area contributed by atoms with Gasteiger partial charge >= 0.3 is 11.9 Å². The van der Waals surface area contributed by atoms with E-state index in [2.05, 4.69) is 0 Å². The van der Waals surface area contributed by atoms with Gasteiger partial charge in [-0.15, -0.1) is 0 Å². The Bertz CT molecular complexity index is 322. The predicted molar refractivity (Wildman–Crippen MR) is 59.1 cm³/mol. The third-order valence-electron chi connectivity index (χ3n) is 1.89. The van der Waals surface area contributed by atoms with Crippen LogP contribution < -0.4 is 0 Å². The van der Waals surface area contributed by atoms with Gasteiger partial charge < -0.3 is 4.74 Å². The first-order valence-electron chi connectivity index (χ1n) is 5.04. The van der Waals surface area contributed by atoms with Crippen LogP contribution in [0, 0.1) is 0 Å². The minimum atomic E-state index is -1.41. The molecule has 16 heavy (non-hydrogen) atoms. The molecule has 0 N–H and O–H groups in total. The van der Waals surface area contributed by atoms with Crippen molar-refractivity contribution in [2.75, 3.05) is 0 Å². The molecule has 1 atom stereocenters. The molecule has 0 aliphatic carbocycles. The van der Waals surface area contributed by atoms with Crippen molar-refractivity contribution in [1.82, 2.24) is 0 Å². The molecule has 1 radical (unpaired) electrons. The average Bonchev–Trinajstić information content (AvgIpc) is 2.15. The van der Waals surface area contributed by atoms with Crippen LogP contribution in [0.25, 0.3) is 0 Å². The van der Waals surface area contributed by atoms with E-state index in [9.17, 15) is 14.7 Å². The topological polar surface area (TPSA) is 63.3 Å². The maximum Gasteiger partial charge on any atom is 0.399 e. The number of ether oxygens (including phenoxy) is 1. The van der Waals surface area contributed by atoms with Crippen molar-refractivity contribution in [2.45, 2.75) is 40.2 Å². The zero-order valence-electron chi connectivity index (χ0n) is 10.1. The van der Waals surface area contributed by atoms with Crippen LogP contribution in [0.15, 0.2) is 23.3 Å². The van der Waals surface area contributed by atoms with E-state index in [0.717, 1.165) is 11.1 Å². The zero-order chi connectivity index (χ0) is 12.7. The normalized spacial score (nSPS) is 12.9. The van der Waals surface area contributed by atoms with Gasteiger partial charge in [0, 0.05) is 0 Å². The van der Waals surface area contributed by atoms with E-state index in [4.69, 9.17) is 4.74 Å². The Kier molecular flexibility index (Phi) is 6.15. The van der Waals surface area contributed by atoms with E-state index in [-0.39, 0.29) is 6.42 Å². The van der Waals surface area contributed by atoms with E-state index in [1.54, 1.807) is 33.8 Å². The van der Waals surface area contributed by atoms with Crippen LogP contribution >= 0.6 is 0 Å². The van der Waals surface area contributed by atoms with Crippen LogP contribution in [0.4, 0.5) is 0 Å². The lowest BCUT2D eigenvalue weighted by Gasteiger charge is -2.09. The van der Waals surface area contributed by atoms with Crippen molar-refractivity contribution < 1.29 is 19.4 Å². The maximum absolute atomic E-state index is 11.3. The molecule has 0 aromatic carbocycles. The fraction of sp³-hybridized carbons (Fsp3) is 0.500. The second kappa shape index (κ2) is 6.82. The molecule has 89 valence electrons. The Balaban J connectivity index is 4.48. The van der Waals surface area contributed by atoms with Crippen LogP contribution in [0.2, 0.25) is 0 Å². The molecule has 4 nitrogen and oxygen atoms in total. The SMILES string of the molecule is CC=C(C)CC(=O)OC(C=C(C)C)C([O])=O. The summed E-state index contributed by atoms with van der Waals surface area (Å²) in [5.74, 6) is -1.98. The van der Waals surface area contributed by atoms with Gasteiger partial charge in [0.25, 0.3) is 0 Å². The van der Waals surface area contributed by atoms with Crippen LogP contribution in [0.3, 0.4) is 0 Å². The first-order chi connectivity index (χ1) is 7.36. The summed E-state index contributed by atoms with van der Waals surface area (Å²) in [5, 5.41) is 10.7. The number of carbonyl (C=O) groups is 2. The third kappa shape index (κ3) is 6.01. The summed E-state index contributed by atoms with van der Waals surface area (Å²) in [6, 6.07) is 0. The molecular formula is C12H17O4. The summed E-state index contributed by atoms with van der Waals surface area (Å²) < 4.78 is 4.78. The smallest absolute Gasteiger partial charge is 0.399 e. The number of hydrogen-bond donors (Lipinski definition) is 0. The van der Waals surface area contributed by atoms with Crippen molar-refractivity contribution in [3.8, 4) is 0 Å². The minimum Gasteiger partial charge on any atom is -0.446 e. The Morgan fingerprint density at radius 3 is 2.19 bits per heavy atom. The zero-order valence-corrected chi connectivity index (χ0v) is 10.1. The molecule has 0 saturated carbocycles. The molecule has 0 heterocycles. The molecule has 0 rings (SSSR count). The van der Waals surface area contributed by atoms with Gasteiger partial charge in [-0.05, 0) is 33.8 Å². The van der Waals surface area contributed by atoms with Crippen molar-refractivity contribution in [2.24, 2.45) is 0 Å².